The SMILES string of the molecule is CCN(CC)S(=O)(=O)c1scc(Nc2nonc2N[C@@H](c2ccc(C)o2)C(C)(C)C)c1O. The van der Waals surface area contributed by atoms with Crippen LogP contribution < -0.4 is 10.6 Å². The Morgan fingerprint density at radius 2 is 1.84 bits per heavy atom. The molecule has 0 bridgehead atoms. The molecule has 0 unspecified atom stereocenters. The molecule has 0 spiro atoms. The van der Waals surface area contributed by atoms with Crippen LogP contribution in [0.4, 0.5) is 17.3 Å². The van der Waals surface area contributed by atoms with Crippen molar-refractivity contribution in [2.75, 3.05) is 23.7 Å². The number of thiophene rings is 1. The number of hydrogen-bond donors (Lipinski definition) is 3. The minimum absolute atomic E-state index is 0.131. The topological polar surface area (TPSA) is 134 Å². The third-order valence-corrected chi connectivity index (χ3v) is 8.49. The Morgan fingerprint density at radius 3 is 2.41 bits per heavy atom. The fourth-order valence-corrected chi connectivity index (χ4v) is 6.07. The van der Waals surface area contributed by atoms with Crippen molar-refractivity contribution in [1.82, 2.24) is 14.6 Å². The molecule has 3 aromatic heterocycles. The maximum atomic E-state index is 12.8. The van der Waals surface area contributed by atoms with Gasteiger partial charge in [0.2, 0.25) is 11.6 Å². The Morgan fingerprint density at radius 1 is 1.19 bits per heavy atom. The van der Waals surface area contributed by atoms with Gasteiger partial charge in [-0.3, -0.25) is 0 Å². The molecule has 3 rings (SSSR count). The van der Waals surface area contributed by atoms with Crippen LogP contribution >= 0.6 is 11.3 Å². The first-order valence-electron chi connectivity index (χ1n) is 10.2. The molecule has 3 N–H and O–H groups in total. The van der Waals surface area contributed by atoms with E-state index in [1.165, 1.54) is 9.69 Å². The van der Waals surface area contributed by atoms with Crippen LogP contribution in [0.1, 0.15) is 52.2 Å². The molecule has 0 amide bonds. The summed E-state index contributed by atoms with van der Waals surface area (Å²) in [5.74, 6) is 1.66. The molecule has 32 heavy (non-hydrogen) atoms. The second-order valence-corrected chi connectivity index (χ2v) is 11.4. The van der Waals surface area contributed by atoms with Crippen molar-refractivity contribution >= 4 is 38.7 Å². The zero-order valence-electron chi connectivity index (χ0n) is 19.0. The van der Waals surface area contributed by atoms with Crippen molar-refractivity contribution in [3.8, 4) is 5.75 Å². The van der Waals surface area contributed by atoms with E-state index in [2.05, 4.69) is 41.7 Å². The number of furan rings is 1. The predicted molar refractivity (Wildman–Crippen MR) is 123 cm³/mol. The van der Waals surface area contributed by atoms with E-state index in [0.717, 1.165) is 22.9 Å². The van der Waals surface area contributed by atoms with Gasteiger partial charge in [0.25, 0.3) is 10.0 Å². The lowest BCUT2D eigenvalue weighted by Gasteiger charge is -2.29. The van der Waals surface area contributed by atoms with Crippen LogP contribution in [0, 0.1) is 12.3 Å². The lowest BCUT2D eigenvalue weighted by molar-refractivity contribution is 0.292. The van der Waals surface area contributed by atoms with Crippen molar-refractivity contribution in [1.29, 1.82) is 0 Å². The van der Waals surface area contributed by atoms with E-state index < -0.39 is 10.0 Å². The predicted octanol–water partition coefficient (Wildman–Crippen LogP) is 4.71. The zero-order chi connectivity index (χ0) is 23.7. The van der Waals surface area contributed by atoms with E-state index in [4.69, 9.17) is 9.05 Å². The van der Waals surface area contributed by atoms with Gasteiger partial charge in [-0.2, -0.15) is 4.31 Å². The van der Waals surface area contributed by atoms with Crippen molar-refractivity contribution < 1.29 is 22.6 Å². The van der Waals surface area contributed by atoms with Crippen molar-refractivity contribution in [3.05, 3.63) is 29.0 Å². The van der Waals surface area contributed by atoms with Gasteiger partial charge in [0.1, 0.15) is 11.5 Å². The van der Waals surface area contributed by atoms with Gasteiger partial charge in [-0.1, -0.05) is 34.6 Å². The fourth-order valence-electron chi connectivity index (χ4n) is 3.24. The Labute approximate surface area is 191 Å². The molecule has 0 saturated carbocycles. The summed E-state index contributed by atoms with van der Waals surface area (Å²) in [6, 6.07) is 3.53. The molecule has 0 fully saturated rings. The summed E-state index contributed by atoms with van der Waals surface area (Å²) in [5, 5.41) is 26.1. The summed E-state index contributed by atoms with van der Waals surface area (Å²) < 4.78 is 37.4. The van der Waals surface area contributed by atoms with Gasteiger partial charge >= 0.3 is 0 Å². The fraction of sp³-hybridized carbons (Fsp3) is 0.500. The number of anilines is 3. The van der Waals surface area contributed by atoms with Crippen LogP contribution in [0.15, 0.2) is 30.8 Å². The smallest absolute Gasteiger partial charge is 0.256 e. The van der Waals surface area contributed by atoms with Crippen molar-refractivity contribution in [2.24, 2.45) is 5.41 Å². The molecule has 0 aliphatic heterocycles. The van der Waals surface area contributed by atoms with Crippen molar-refractivity contribution in [2.45, 2.75) is 51.8 Å². The number of rotatable bonds is 9. The number of nitrogens with zero attached hydrogens (tertiary/aromatic N) is 3. The lowest BCUT2D eigenvalue weighted by atomic mass is 9.85. The van der Waals surface area contributed by atoms with Crippen LogP contribution in [-0.2, 0) is 10.0 Å². The minimum Gasteiger partial charge on any atom is -0.504 e. The van der Waals surface area contributed by atoms with E-state index in [0.29, 0.717) is 18.9 Å². The second kappa shape index (κ2) is 9.12. The van der Waals surface area contributed by atoms with E-state index >= 15 is 0 Å². The quantitative estimate of drug-likeness (QED) is 0.395. The van der Waals surface area contributed by atoms with E-state index in [9.17, 15) is 13.5 Å². The van der Waals surface area contributed by atoms with Gasteiger partial charge in [0.15, 0.2) is 9.96 Å². The monoisotopic (exact) mass is 483 g/mol. The largest absolute Gasteiger partial charge is 0.504 e. The molecular formula is C20H29N5O5S2. The standard InChI is InChI=1S/C20H29N5O5S2/c1-7-25(8-2)32(27,28)19-15(26)13(11-31-19)21-17-18(24-30-23-17)22-16(20(4,5)6)14-10-9-12(3)29-14/h9-11,16,26H,7-8H2,1-6H3,(H,21,23)(H,22,24)/t16-/m0/s1. The molecular weight excluding hydrogens is 454 g/mol. The molecule has 0 saturated heterocycles. The van der Waals surface area contributed by atoms with E-state index in [-0.39, 0.29) is 32.9 Å². The highest BCUT2D eigenvalue weighted by Gasteiger charge is 2.32. The normalized spacial score (nSPS) is 13.5. The third-order valence-electron chi connectivity index (χ3n) is 4.95. The number of nitrogens with one attached hydrogen (secondary N) is 2. The Bertz CT molecular complexity index is 1160. The maximum absolute atomic E-state index is 12.8. The van der Waals surface area contributed by atoms with Crippen LogP contribution in [0.2, 0.25) is 0 Å². The average Bonchev–Trinajstić information content (AvgIpc) is 3.41. The zero-order valence-corrected chi connectivity index (χ0v) is 20.6. The summed E-state index contributed by atoms with van der Waals surface area (Å²) >= 11 is 0.931. The Hall–Kier alpha value is -2.57. The Balaban J connectivity index is 1.88. The van der Waals surface area contributed by atoms with Crippen LogP contribution in [0.3, 0.4) is 0 Å². The van der Waals surface area contributed by atoms with Gasteiger partial charge in [-0.25, -0.2) is 13.0 Å². The van der Waals surface area contributed by atoms with Gasteiger partial charge in [-0.15, -0.1) is 11.3 Å². The van der Waals surface area contributed by atoms with E-state index in [1.54, 1.807) is 13.8 Å². The summed E-state index contributed by atoms with van der Waals surface area (Å²) in [5.41, 5.74) is -0.0450. The highest BCUT2D eigenvalue weighted by atomic mass is 32.2. The number of aromatic hydroxyl groups is 1. The van der Waals surface area contributed by atoms with Crippen LogP contribution in [0.5, 0.6) is 5.75 Å². The highest BCUT2D eigenvalue weighted by molar-refractivity contribution is 7.91. The summed E-state index contributed by atoms with van der Waals surface area (Å²) in [7, 11) is -3.80. The van der Waals surface area contributed by atoms with Crippen LogP contribution in [0.25, 0.3) is 0 Å². The first-order valence-corrected chi connectivity index (χ1v) is 12.5. The molecule has 3 heterocycles. The van der Waals surface area contributed by atoms with Gasteiger partial charge in [0.05, 0.1) is 11.7 Å². The number of hydrogen-bond acceptors (Lipinski definition) is 10. The van der Waals surface area contributed by atoms with Gasteiger partial charge in [-0.05, 0) is 34.8 Å². The minimum atomic E-state index is -3.80. The number of sulfonamides is 1. The first kappa shape index (κ1) is 24.1. The van der Waals surface area contributed by atoms with Crippen LogP contribution in [-0.4, -0.2) is 41.2 Å². The molecule has 0 radical (unpaired) electrons. The summed E-state index contributed by atoms with van der Waals surface area (Å²) in [6.07, 6.45) is 0. The molecule has 0 aliphatic carbocycles. The lowest BCUT2D eigenvalue weighted by Crippen LogP contribution is -2.30. The molecule has 3 aromatic rings. The average molecular weight is 484 g/mol. The molecule has 0 aliphatic rings. The van der Waals surface area contributed by atoms with E-state index in [1.807, 2.05) is 19.1 Å². The maximum Gasteiger partial charge on any atom is 0.256 e. The molecule has 0 aromatic carbocycles. The molecule has 1 atom stereocenters. The molecule has 10 nitrogen and oxygen atoms in total. The summed E-state index contributed by atoms with van der Waals surface area (Å²) in [6.45, 7) is 12.1. The van der Waals surface area contributed by atoms with Crippen molar-refractivity contribution in [3.63, 3.8) is 0 Å². The van der Waals surface area contributed by atoms with Gasteiger partial charge in [0, 0.05) is 18.5 Å². The summed E-state index contributed by atoms with van der Waals surface area (Å²) in [4.78, 5) is 0. The molecule has 12 heteroatoms. The van der Waals surface area contributed by atoms with Gasteiger partial charge < -0.3 is 20.2 Å². The number of aryl methyl sites for hydroxylation is 1. The first-order chi connectivity index (χ1) is 15.0. The Kier molecular flexibility index (Phi) is 6.86. The molecule has 176 valence electrons. The second-order valence-electron chi connectivity index (χ2n) is 8.35. The number of aromatic nitrogens is 2. The third kappa shape index (κ3) is 4.76. The highest BCUT2D eigenvalue weighted by Crippen LogP contribution is 2.42.